The Labute approximate surface area is 64.6 Å². The van der Waals surface area contributed by atoms with Crippen LogP contribution in [0.25, 0.3) is 6.08 Å². The van der Waals surface area contributed by atoms with Gasteiger partial charge >= 0.3 is 0 Å². The van der Waals surface area contributed by atoms with Gasteiger partial charge in [-0.25, -0.2) is 0 Å². The van der Waals surface area contributed by atoms with Crippen LogP contribution in [0, 0.1) is 0 Å². The number of hydrogen-bond donors (Lipinski definition) is 0. The Hall–Kier alpha value is -0.700. The van der Waals surface area contributed by atoms with E-state index in [1.54, 1.807) is 17.4 Å². The molecule has 0 unspecified atom stereocenters. The molecule has 0 aliphatic carbocycles. The predicted octanol–water partition coefficient (Wildman–Crippen LogP) is 2.30. The summed E-state index contributed by atoms with van der Waals surface area (Å²) in [5.74, 6) is 0.478. The smallest absolute Gasteiger partial charge is 0.139 e. The van der Waals surface area contributed by atoms with Crippen molar-refractivity contribution in [2.45, 2.75) is 19.8 Å². The quantitative estimate of drug-likeness (QED) is 0.653. The molecule has 0 spiro atoms. The van der Waals surface area contributed by atoms with E-state index in [1.807, 2.05) is 0 Å². The van der Waals surface area contributed by atoms with Gasteiger partial charge in [0.05, 0.1) is 0 Å². The topological polar surface area (TPSA) is 25.8 Å². The Morgan fingerprint density at radius 2 is 2.20 bits per heavy atom. The first-order valence-electron chi connectivity index (χ1n) is 3.20. The molecule has 0 fully saturated rings. The number of rotatable bonds is 2. The summed E-state index contributed by atoms with van der Waals surface area (Å²) in [4.78, 5) is 0. The minimum absolute atomic E-state index is 0.478. The third kappa shape index (κ3) is 1.42. The van der Waals surface area contributed by atoms with Crippen molar-refractivity contribution < 1.29 is 0 Å². The number of hydrogen-bond acceptors (Lipinski definition) is 3. The molecule has 0 aliphatic rings. The molecule has 0 saturated carbocycles. The molecule has 54 valence electrons. The predicted molar refractivity (Wildman–Crippen MR) is 44.1 cm³/mol. The van der Waals surface area contributed by atoms with E-state index in [0.29, 0.717) is 5.92 Å². The van der Waals surface area contributed by atoms with Gasteiger partial charge in [0.2, 0.25) is 0 Å². The molecule has 0 bridgehead atoms. The van der Waals surface area contributed by atoms with Gasteiger partial charge in [0, 0.05) is 5.92 Å². The van der Waals surface area contributed by atoms with E-state index in [0.717, 1.165) is 10.0 Å². The van der Waals surface area contributed by atoms with E-state index in [2.05, 4.69) is 30.6 Å². The maximum absolute atomic E-state index is 3.98. The van der Waals surface area contributed by atoms with Gasteiger partial charge in [0.25, 0.3) is 0 Å². The van der Waals surface area contributed by atoms with E-state index >= 15 is 0 Å². The lowest BCUT2D eigenvalue weighted by Gasteiger charge is -1.92. The number of nitrogens with zero attached hydrogens (tertiary/aromatic N) is 2. The Kier molecular flexibility index (Phi) is 2.17. The molecule has 1 aromatic rings. The van der Waals surface area contributed by atoms with E-state index in [-0.39, 0.29) is 0 Å². The van der Waals surface area contributed by atoms with Crippen LogP contribution in [0.15, 0.2) is 6.58 Å². The molecule has 1 heterocycles. The molecule has 0 saturated heterocycles. The maximum atomic E-state index is 3.98. The van der Waals surface area contributed by atoms with Crippen LogP contribution >= 0.6 is 11.3 Å². The van der Waals surface area contributed by atoms with Crippen molar-refractivity contribution >= 4 is 17.4 Å². The molecule has 3 heteroatoms. The molecule has 1 rings (SSSR count). The molecule has 1 aromatic heterocycles. The molecule has 0 atom stereocenters. The fourth-order valence-corrected chi connectivity index (χ4v) is 1.26. The monoisotopic (exact) mass is 154 g/mol. The van der Waals surface area contributed by atoms with E-state index in [1.165, 1.54) is 0 Å². The van der Waals surface area contributed by atoms with Crippen molar-refractivity contribution in [3.63, 3.8) is 0 Å². The van der Waals surface area contributed by atoms with Crippen molar-refractivity contribution in [3.8, 4) is 0 Å². The van der Waals surface area contributed by atoms with Gasteiger partial charge in [-0.3, -0.25) is 0 Å². The first kappa shape index (κ1) is 7.41. The van der Waals surface area contributed by atoms with Crippen LogP contribution in [0.3, 0.4) is 0 Å². The molecular weight excluding hydrogens is 144 g/mol. The second kappa shape index (κ2) is 2.92. The molecule has 10 heavy (non-hydrogen) atoms. The van der Waals surface area contributed by atoms with Crippen LogP contribution in [-0.4, -0.2) is 10.2 Å². The van der Waals surface area contributed by atoms with Crippen LogP contribution in [0.1, 0.15) is 29.8 Å². The van der Waals surface area contributed by atoms with Gasteiger partial charge < -0.3 is 0 Å². The standard InChI is InChI=1S/C7H10N2S/c1-4-6-8-9-7(10-6)5(2)3/h4-5H,1H2,2-3H3. The van der Waals surface area contributed by atoms with E-state index < -0.39 is 0 Å². The van der Waals surface area contributed by atoms with Crippen LogP contribution in [0.4, 0.5) is 0 Å². The SMILES string of the molecule is C=Cc1nnc(C(C)C)s1. The first-order valence-corrected chi connectivity index (χ1v) is 4.01. The van der Waals surface area contributed by atoms with Crippen molar-refractivity contribution in [3.05, 3.63) is 16.6 Å². The summed E-state index contributed by atoms with van der Waals surface area (Å²) in [7, 11) is 0. The highest BCUT2D eigenvalue weighted by atomic mass is 32.1. The van der Waals surface area contributed by atoms with Gasteiger partial charge in [-0.2, -0.15) is 0 Å². The van der Waals surface area contributed by atoms with Gasteiger partial charge in [-0.15, -0.1) is 10.2 Å². The van der Waals surface area contributed by atoms with Crippen molar-refractivity contribution in [2.24, 2.45) is 0 Å². The van der Waals surface area contributed by atoms with Gasteiger partial charge in [-0.1, -0.05) is 31.8 Å². The lowest BCUT2D eigenvalue weighted by Crippen LogP contribution is -1.83. The van der Waals surface area contributed by atoms with Gasteiger partial charge in [0.15, 0.2) is 0 Å². The summed E-state index contributed by atoms with van der Waals surface area (Å²) in [6.07, 6.45) is 1.73. The lowest BCUT2D eigenvalue weighted by atomic mass is 10.2. The lowest BCUT2D eigenvalue weighted by molar-refractivity contribution is 0.824. The van der Waals surface area contributed by atoms with Crippen LogP contribution in [0.2, 0.25) is 0 Å². The molecular formula is C7H10N2S. The summed E-state index contributed by atoms with van der Waals surface area (Å²) < 4.78 is 0. The molecule has 0 radical (unpaired) electrons. The Bertz CT molecular complexity index is 227. The zero-order valence-electron chi connectivity index (χ0n) is 6.16. The van der Waals surface area contributed by atoms with Crippen molar-refractivity contribution in [1.82, 2.24) is 10.2 Å². The molecule has 0 amide bonds. The fraction of sp³-hybridized carbons (Fsp3) is 0.429. The van der Waals surface area contributed by atoms with E-state index in [4.69, 9.17) is 0 Å². The van der Waals surface area contributed by atoms with Gasteiger partial charge in [-0.05, 0) is 6.08 Å². The third-order valence-electron chi connectivity index (χ3n) is 1.12. The van der Waals surface area contributed by atoms with E-state index in [9.17, 15) is 0 Å². The summed E-state index contributed by atoms with van der Waals surface area (Å²) in [6.45, 7) is 7.82. The van der Waals surface area contributed by atoms with Crippen molar-refractivity contribution in [1.29, 1.82) is 0 Å². The second-order valence-electron chi connectivity index (χ2n) is 2.34. The van der Waals surface area contributed by atoms with Gasteiger partial charge in [0.1, 0.15) is 10.0 Å². The molecule has 0 N–H and O–H groups in total. The highest BCUT2D eigenvalue weighted by Crippen LogP contribution is 2.18. The molecule has 0 aromatic carbocycles. The number of aromatic nitrogens is 2. The Morgan fingerprint density at radius 1 is 1.50 bits per heavy atom. The minimum Gasteiger partial charge on any atom is -0.143 e. The minimum atomic E-state index is 0.478. The van der Waals surface area contributed by atoms with Crippen LogP contribution in [-0.2, 0) is 0 Å². The average Bonchev–Trinajstić information content (AvgIpc) is 2.34. The van der Waals surface area contributed by atoms with Crippen LogP contribution < -0.4 is 0 Å². The highest BCUT2D eigenvalue weighted by Gasteiger charge is 2.03. The second-order valence-corrected chi connectivity index (χ2v) is 3.38. The average molecular weight is 154 g/mol. The highest BCUT2D eigenvalue weighted by molar-refractivity contribution is 7.12. The summed E-state index contributed by atoms with van der Waals surface area (Å²) in [6, 6.07) is 0. The summed E-state index contributed by atoms with van der Waals surface area (Å²) in [5, 5.41) is 9.88. The summed E-state index contributed by atoms with van der Waals surface area (Å²) in [5.41, 5.74) is 0. The Balaban J connectivity index is 2.88. The normalized spacial score (nSPS) is 10.3. The van der Waals surface area contributed by atoms with Crippen LogP contribution in [0.5, 0.6) is 0 Å². The zero-order chi connectivity index (χ0) is 7.56. The fourth-order valence-electron chi connectivity index (χ4n) is 0.562. The zero-order valence-corrected chi connectivity index (χ0v) is 6.98. The van der Waals surface area contributed by atoms with Crippen molar-refractivity contribution in [2.75, 3.05) is 0 Å². The summed E-state index contributed by atoms with van der Waals surface area (Å²) >= 11 is 1.60. The Morgan fingerprint density at radius 3 is 2.50 bits per heavy atom. The maximum Gasteiger partial charge on any atom is 0.139 e. The largest absolute Gasteiger partial charge is 0.143 e. The molecule has 0 aliphatic heterocycles. The molecule has 2 nitrogen and oxygen atoms in total. The first-order chi connectivity index (χ1) is 4.74. The third-order valence-corrected chi connectivity index (χ3v) is 2.34.